The summed E-state index contributed by atoms with van der Waals surface area (Å²) >= 11 is 0. The molecule has 5 rings (SSSR count). The number of aryl methyl sites for hydroxylation is 1. The first kappa shape index (κ1) is 20.4. The van der Waals surface area contributed by atoms with Crippen molar-refractivity contribution in [1.82, 2.24) is 19.7 Å². The number of likely N-dealkylation sites (tertiary alicyclic amines) is 1. The summed E-state index contributed by atoms with van der Waals surface area (Å²) < 4.78 is 7.26. The van der Waals surface area contributed by atoms with Gasteiger partial charge in [-0.1, -0.05) is 18.2 Å². The van der Waals surface area contributed by atoms with Gasteiger partial charge in [0.2, 0.25) is 5.91 Å². The van der Waals surface area contributed by atoms with Crippen molar-refractivity contribution in [3.63, 3.8) is 0 Å². The normalized spacial score (nSPS) is 14.7. The van der Waals surface area contributed by atoms with E-state index in [2.05, 4.69) is 28.4 Å². The number of para-hydroxylation sites is 1. The first-order chi connectivity index (χ1) is 15.7. The van der Waals surface area contributed by atoms with E-state index < -0.39 is 0 Å². The zero-order valence-corrected chi connectivity index (χ0v) is 18.3. The second kappa shape index (κ2) is 8.91. The van der Waals surface area contributed by atoms with Crippen LogP contribution in [-0.4, -0.2) is 45.8 Å². The van der Waals surface area contributed by atoms with Gasteiger partial charge >= 0.3 is 0 Å². The molecule has 1 aliphatic rings. The molecule has 4 aromatic rings. The summed E-state index contributed by atoms with van der Waals surface area (Å²) in [6.07, 6.45) is 9.21. The molecule has 1 amide bonds. The van der Waals surface area contributed by atoms with Crippen LogP contribution in [0.2, 0.25) is 0 Å². The predicted molar refractivity (Wildman–Crippen MR) is 125 cm³/mol. The highest BCUT2D eigenvalue weighted by molar-refractivity contribution is 5.85. The first-order valence-electron chi connectivity index (χ1n) is 11.2. The van der Waals surface area contributed by atoms with Gasteiger partial charge in [0.05, 0.1) is 19.0 Å². The molecule has 2 aromatic heterocycles. The monoisotopic (exact) mass is 428 g/mol. The number of ether oxygens (including phenoxy) is 1. The van der Waals surface area contributed by atoms with Crippen LogP contribution in [-0.2, 0) is 11.2 Å². The fourth-order valence-corrected chi connectivity index (χ4v) is 4.65. The molecule has 1 fully saturated rings. The predicted octanol–water partition coefficient (Wildman–Crippen LogP) is 4.70. The summed E-state index contributed by atoms with van der Waals surface area (Å²) in [6.45, 7) is 1.62. The van der Waals surface area contributed by atoms with Crippen molar-refractivity contribution in [3.05, 3.63) is 78.2 Å². The first-order valence-corrected chi connectivity index (χ1v) is 11.2. The van der Waals surface area contributed by atoms with Crippen molar-refractivity contribution in [1.29, 1.82) is 0 Å². The smallest absolute Gasteiger partial charge is 0.222 e. The Labute approximate surface area is 187 Å². The number of hydrogen-bond donors (Lipinski definition) is 1. The molecule has 2 aromatic carbocycles. The fraction of sp³-hybridized carbons (Fsp3) is 0.308. The maximum Gasteiger partial charge on any atom is 0.222 e. The van der Waals surface area contributed by atoms with Crippen molar-refractivity contribution in [2.24, 2.45) is 0 Å². The molecule has 6 nitrogen and oxygen atoms in total. The largest absolute Gasteiger partial charge is 0.497 e. The number of nitrogens with zero attached hydrogens (tertiary/aromatic N) is 3. The van der Waals surface area contributed by atoms with Gasteiger partial charge in [-0.3, -0.25) is 4.79 Å². The van der Waals surface area contributed by atoms with Crippen molar-refractivity contribution in [2.75, 3.05) is 20.2 Å². The molecule has 0 unspecified atom stereocenters. The number of carbonyl (C=O) groups is 1. The second-order valence-electron chi connectivity index (χ2n) is 8.44. The molecule has 1 N–H and O–H groups in total. The molecule has 0 atom stereocenters. The molecule has 0 aliphatic carbocycles. The number of rotatable bonds is 6. The number of hydrogen-bond acceptors (Lipinski definition) is 3. The minimum Gasteiger partial charge on any atom is -0.497 e. The molecule has 164 valence electrons. The molecule has 32 heavy (non-hydrogen) atoms. The topological polar surface area (TPSA) is 63.1 Å². The van der Waals surface area contributed by atoms with Crippen molar-refractivity contribution >= 4 is 16.8 Å². The van der Waals surface area contributed by atoms with E-state index >= 15 is 0 Å². The highest BCUT2D eigenvalue weighted by Gasteiger charge is 2.25. The average molecular weight is 429 g/mol. The lowest BCUT2D eigenvalue weighted by molar-refractivity contribution is -0.132. The summed E-state index contributed by atoms with van der Waals surface area (Å²) in [5.41, 5.74) is 4.58. The maximum atomic E-state index is 12.8. The van der Waals surface area contributed by atoms with Gasteiger partial charge in [-0.15, -0.1) is 0 Å². The summed E-state index contributed by atoms with van der Waals surface area (Å²) in [4.78, 5) is 18.2. The number of carbonyl (C=O) groups excluding carboxylic acids is 1. The van der Waals surface area contributed by atoms with Crippen LogP contribution in [0.1, 0.15) is 36.3 Å². The van der Waals surface area contributed by atoms with Gasteiger partial charge < -0.3 is 14.6 Å². The Morgan fingerprint density at radius 1 is 1.16 bits per heavy atom. The van der Waals surface area contributed by atoms with E-state index in [4.69, 9.17) is 4.74 Å². The minimum absolute atomic E-state index is 0.233. The van der Waals surface area contributed by atoms with Gasteiger partial charge in [-0.2, -0.15) is 5.10 Å². The Balaban J connectivity index is 1.16. The standard InChI is InChI=1S/C26H28N4O2/c1-32-22-8-9-25-23(15-22)24(17-27-25)20-11-13-29(14-12-20)26(31)10-7-19-16-28-30(18-19)21-5-3-2-4-6-21/h2-6,8-9,15-18,20,27H,7,10-14H2,1H3. The van der Waals surface area contributed by atoms with Crippen LogP contribution in [0.15, 0.2) is 67.1 Å². The van der Waals surface area contributed by atoms with E-state index in [-0.39, 0.29) is 5.91 Å². The Morgan fingerprint density at radius 3 is 2.75 bits per heavy atom. The molecular formula is C26H28N4O2. The summed E-state index contributed by atoms with van der Waals surface area (Å²) in [6, 6.07) is 16.2. The number of aromatic amines is 1. The molecule has 0 saturated carbocycles. The third-order valence-corrected chi connectivity index (χ3v) is 6.49. The van der Waals surface area contributed by atoms with Crippen LogP contribution >= 0.6 is 0 Å². The molecule has 1 saturated heterocycles. The van der Waals surface area contributed by atoms with Gasteiger partial charge in [0.15, 0.2) is 0 Å². The van der Waals surface area contributed by atoms with E-state index in [9.17, 15) is 4.79 Å². The van der Waals surface area contributed by atoms with Crippen LogP contribution in [0, 0.1) is 0 Å². The average Bonchev–Trinajstić information content (AvgIpc) is 3.50. The van der Waals surface area contributed by atoms with Crippen molar-refractivity contribution in [3.8, 4) is 11.4 Å². The molecule has 0 spiro atoms. The lowest BCUT2D eigenvalue weighted by Gasteiger charge is -2.32. The number of piperidine rings is 1. The highest BCUT2D eigenvalue weighted by atomic mass is 16.5. The lowest BCUT2D eigenvalue weighted by Crippen LogP contribution is -2.38. The van der Waals surface area contributed by atoms with Crippen LogP contribution in [0.4, 0.5) is 0 Å². The molecule has 6 heteroatoms. The highest BCUT2D eigenvalue weighted by Crippen LogP contribution is 2.34. The number of fused-ring (bicyclic) bond motifs is 1. The van der Waals surface area contributed by atoms with E-state index in [1.807, 2.05) is 58.4 Å². The van der Waals surface area contributed by atoms with Gasteiger partial charge in [-0.25, -0.2) is 4.68 Å². The van der Waals surface area contributed by atoms with Gasteiger partial charge in [0.1, 0.15) is 5.75 Å². The molecule has 0 radical (unpaired) electrons. The van der Waals surface area contributed by atoms with Gasteiger partial charge in [0, 0.05) is 42.8 Å². The summed E-state index contributed by atoms with van der Waals surface area (Å²) in [5.74, 6) is 1.57. The molecule has 3 heterocycles. The van der Waals surface area contributed by atoms with Gasteiger partial charge in [0.25, 0.3) is 0 Å². The van der Waals surface area contributed by atoms with Crippen LogP contribution in [0.5, 0.6) is 5.75 Å². The number of benzene rings is 2. The van der Waals surface area contributed by atoms with Crippen molar-refractivity contribution in [2.45, 2.75) is 31.6 Å². The Hall–Kier alpha value is -3.54. The Morgan fingerprint density at radius 2 is 1.97 bits per heavy atom. The van der Waals surface area contributed by atoms with E-state index in [0.29, 0.717) is 18.8 Å². The molecule has 0 bridgehead atoms. The van der Waals surface area contributed by atoms with Crippen molar-refractivity contribution < 1.29 is 9.53 Å². The SMILES string of the molecule is COc1ccc2[nH]cc(C3CCN(C(=O)CCc4cnn(-c5ccccc5)c4)CC3)c2c1. The number of methoxy groups -OCH3 is 1. The third-order valence-electron chi connectivity index (χ3n) is 6.49. The lowest BCUT2D eigenvalue weighted by atomic mass is 9.89. The minimum atomic E-state index is 0.233. The summed E-state index contributed by atoms with van der Waals surface area (Å²) in [5, 5.41) is 5.66. The van der Waals surface area contributed by atoms with Crippen LogP contribution in [0.3, 0.4) is 0 Å². The number of aromatic nitrogens is 3. The third kappa shape index (κ3) is 4.13. The van der Waals surface area contributed by atoms with E-state index in [1.165, 1.54) is 10.9 Å². The zero-order chi connectivity index (χ0) is 21.9. The number of nitrogens with one attached hydrogen (secondary N) is 1. The molecule has 1 aliphatic heterocycles. The van der Waals surface area contributed by atoms with Crippen LogP contribution in [0.25, 0.3) is 16.6 Å². The fourth-order valence-electron chi connectivity index (χ4n) is 4.65. The summed E-state index contributed by atoms with van der Waals surface area (Å²) in [7, 11) is 1.70. The number of H-pyrrole nitrogens is 1. The Bertz CT molecular complexity index is 1200. The van der Waals surface area contributed by atoms with Crippen LogP contribution < -0.4 is 4.74 Å². The molecular weight excluding hydrogens is 400 g/mol. The van der Waals surface area contributed by atoms with E-state index in [0.717, 1.165) is 48.4 Å². The second-order valence-corrected chi connectivity index (χ2v) is 8.44. The maximum absolute atomic E-state index is 12.8. The zero-order valence-electron chi connectivity index (χ0n) is 18.3. The number of amides is 1. The van der Waals surface area contributed by atoms with Gasteiger partial charge in [-0.05, 0) is 66.6 Å². The Kier molecular flexibility index (Phi) is 5.67. The quantitative estimate of drug-likeness (QED) is 0.484. The van der Waals surface area contributed by atoms with E-state index in [1.54, 1.807) is 7.11 Å².